The summed E-state index contributed by atoms with van der Waals surface area (Å²) in [6, 6.07) is 0. The standard InChI is InChI=1S/C26H43NO3/c1-3-27(4-2)26(30)13-9-8-10-19-16-21-18-25(29)22(23(21)17-19)14-15-24(28)20-11-6-5-7-12-20/h14-16,20-25,28-29H,3-13,17-18H2,1-2H3/t21-,22+,23-,24+,25+/m0/s1. The fraction of sp³-hybridized carbons (Fsp3) is 0.808. The summed E-state index contributed by atoms with van der Waals surface area (Å²) in [4.78, 5) is 14.1. The number of rotatable bonds is 10. The van der Waals surface area contributed by atoms with Gasteiger partial charge in [0.15, 0.2) is 0 Å². The molecule has 0 aliphatic heterocycles. The second kappa shape index (κ2) is 11.5. The normalized spacial score (nSPS) is 30.5. The van der Waals surface area contributed by atoms with Gasteiger partial charge >= 0.3 is 0 Å². The van der Waals surface area contributed by atoms with Crippen LogP contribution in [0.2, 0.25) is 0 Å². The Morgan fingerprint density at radius 3 is 2.63 bits per heavy atom. The topological polar surface area (TPSA) is 60.8 Å². The lowest BCUT2D eigenvalue weighted by atomic mass is 9.83. The number of hydrogen-bond acceptors (Lipinski definition) is 3. The van der Waals surface area contributed by atoms with Crippen LogP contribution in [0, 0.1) is 23.7 Å². The number of unbranched alkanes of at least 4 members (excludes halogenated alkanes) is 1. The lowest BCUT2D eigenvalue weighted by molar-refractivity contribution is -0.130. The molecule has 4 nitrogen and oxygen atoms in total. The minimum Gasteiger partial charge on any atom is -0.392 e. The molecule has 0 saturated heterocycles. The minimum atomic E-state index is -0.353. The molecule has 0 aromatic carbocycles. The molecule has 0 aromatic rings. The quantitative estimate of drug-likeness (QED) is 0.394. The van der Waals surface area contributed by atoms with Crippen LogP contribution in [0.1, 0.15) is 84.5 Å². The molecule has 0 unspecified atom stereocenters. The third-order valence-electron chi connectivity index (χ3n) is 7.87. The first kappa shape index (κ1) is 23.5. The lowest BCUT2D eigenvalue weighted by Crippen LogP contribution is -2.30. The number of carbonyl (C=O) groups excluding carboxylic acids is 1. The molecule has 0 heterocycles. The van der Waals surface area contributed by atoms with E-state index in [1.54, 1.807) is 0 Å². The van der Waals surface area contributed by atoms with Crippen LogP contribution in [0.4, 0.5) is 0 Å². The van der Waals surface area contributed by atoms with E-state index in [1.165, 1.54) is 24.8 Å². The Morgan fingerprint density at radius 1 is 1.20 bits per heavy atom. The SMILES string of the molecule is CCN(CC)C(=O)CCCCC1=C[C@H]2C[C@@H](O)[C@H](C=C[C@@H](O)C3CCCCC3)[C@H]2C1. The van der Waals surface area contributed by atoms with Gasteiger partial charge in [-0.3, -0.25) is 4.79 Å². The molecule has 2 saturated carbocycles. The molecule has 0 radical (unpaired) electrons. The number of nitrogens with zero attached hydrogens (tertiary/aromatic N) is 1. The van der Waals surface area contributed by atoms with Gasteiger partial charge in [-0.2, -0.15) is 0 Å². The molecule has 2 fully saturated rings. The molecule has 0 spiro atoms. The number of fused-ring (bicyclic) bond motifs is 1. The maximum atomic E-state index is 12.1. The highest BCUT2D eigenvalue weighted by Crippen LogP contribution is 2.48. The van der Waals surface area contributed by atoms with Crippen LogP contribution in [0.3, 0.4) is 0 Å². The second-order valence-corrected chi connectivity index (χ2v) is 9.78. The third kappa shape index (κ3) is 5.97. The van der Waals surface area contributed by atoms with Crippen molar-refractivity contribution in [1.82, 2.24) is 4.90 Å². The first-order chi connectivity index (χ1) is 14.5. The predicted molar refractivity (Wildman–Crippen MR) is 122 cm³/mol. The van der Waals surface area contributed by atoms with Crippen molar-refractivity contribution in [3.05, 3.63) is 23.8 Å². The van der Waals surface area contributed by atoms with Gasteiger partial charge in [0.2, 0.25) is 5.91 Å². The Balaban J connectivity index is 1.43. The van der Waals surface area contributed by atoms with Crippen molar-refractivity contribution in [1.29, 1.82) is 0 Å². The molecule has 1 amide bonds. The molecule has 5 atom stereocenters. The smallest absolute Gasteiger partial charge is 0.222 e. The first-order valence-electron chi connectivity index (χ1n) is 12.5. The summed E-state index contributed by atoms with van der Waals surface area (Å²) in [5, 5.41) is 21.1. The number of carbonyl (C=O) groups is 1. The van der Waals surface area contributed by atoms with Gasteiger partial charge in [0.1, 0.15) is 0 Å². The number of amides is 1. The van der Waals surface area contributed by atoms with E-state index in [0.29, 0.717) is 24.2 Å². The second-order valence-electron chi connectivity index (χ2n) is 9.78. The Morgan fingerprint density at radius 2 is 1.93 bits per heavy atom. The van der Waals surface area contributed by atoms with Gasteiger partial charge in [0.05, 0.1) is 12.2 Å². The van der Waals surface area contributed by atoms with Gasteiger partial charge in [-0.25, -0.2) is 0 Å². The summed E-state index contributed by atoms with van der Waals surface area (Å²) < 4.78 is 0. The summed E-state index contributed by atoms with van der Waals surface area (Å²) in [6.45, 7) is 5.68. The van der Waals surface area contributed by atoms with Crippen molar-refractivity contribution in [3.63, 3.8) is 0 Å². The maximum absolute atomic E-state index is 12.1. The Labute approximate surface area is 183 Å². The van der Waals surface area contributed by atoms with Gasteiger partial charge in [0, 0.05) is 25.4 Å². The van der Waals surface area contributed by atoms with E-state index in [0.717, 1.165) is 58.0 Å². The van der Waals surface area contributed by atoms with Crippen molar-refractivity contribution in [2.24, 2.45) is 23.7 Å². The van der Waals surface area contributed by atoms with E-state index in [1.807, 2.05) is 24.8 Å². The third-order valence-corrected chi connectivity index (χ3v) is 7.87. The van der Waals surface area contributed by atoms with Crippen LogP contribution in [-0.4, -0.2) is 46.3 Å². The highest BCUT2D eigenvalue weighted by molar-refractivity contribution is 5.76. The molecule has 0 bridgehead atoms. The molecule has 0 aromatic heterocycles. The van der Waals surface area contributed by atoms with Gasteiger partial charge in [-0.05, 0) is 76.5 Å². The molecular formula is C26H43NO3. The zero-order valence-corrected chi connectivity index (χ0v) is 19.1. The zero-order chi connectivity index (χ0) is 21.5. The van der Waals surface area contributed by atoms with Crippen molar-refractivity contribution < 1.29 is 15.0 Å². The first-order valence-corrected chi connectivity index (χ1v) is 12.5. The van der Waals surface area contributed by atoms with Crippen LogP contribution in [-0.2, 0) is 4.79 Å². The number of aliphatic hydroxyl groups excluding tert-OH is 2. The van der Waals surface area contributed by atoms with E-state index in [9.17, 15) is 15.0 Å². The molecule has 4 heteroatoms. The van der Waals surface area contributed by atoms with E-state index < -0.39 is 0 Å². The van der Waals surface area contributed by atoms with Gasteiger partial charge in [-0.1, -0.05) is 43.1 Å². The average molecular weight is 418 g/mol. The molecule has 30 heavy (non-hydrogen) atoms. The lowest BCUT2D eigenvalue weighted by Gasteiger charge is -2.25. The van der Waals surface area contributed by atoms with Crippen LogP contribution < -0.4 is 0 Å². The highest BCUT2D eigenvalue weighted by atomic mass is 16.3. The number of hydrogen-bond donors (Lipinski definition) is 2. The largest absolute Gasteiger partial charge is 0.392 e. The molecule has 3 aliphatic rings. The van der Waals surface area contributed by atoms with Crippen molar-refractivity contribution >= 4 is 5.91 Å². The summed E-state index contributed by atoms with van der Waals surface area (Å²) in [7, 11) is 0. The molecule has 3 rings (SSSR count). The van der Waals surface area contributed by atoms with E-state index in [2.05, 4.69) is 12.2 Å². The van der Waals surface area contributed by atoms with Crippen molar-refractivity contribution in [2.75, 3.05) is 13.1 Å². The Bertz CT molecular complexity index is 603. The highest BCUT2D eigenvalue weighted by Gasteiger charge is 2.43. The van der Waals surface area contributed by atoms with E-state index >= 15 is 0 Å². The average Bonchev–Trinajstić information content (AvgIpc) is 3.27. The van der Waals surface area contributed by atoms with Crippen LogP contribution in [0.5, 0.6) is 0 Å². The summed E-state index contributed by atoms with van der Waals surface area (Å²) in [6.07, 6.45) is 17.6. The minimum absolute atomic E-state index is 0.172. The van der Waals surface area contributed by atoms with Crippen LogP contribution in [0.15, 0.2) is 23.8 Å². The van der Waals surface area contributed by atoms with Gasteiger partial charge in [0.25, 0.3) is 0 Å². The number of allylic oxidation sites excluding steroid dienone is 2. The fourth-order valence-corrected chi connectivity index (χ4v) is 6.03. The summed E-state index contributed by atoms with van der Waals surface area (Å²) in [5.74, 6) is 1.82. The molecule has 2 N–H and O–H groups in total. The van der Waals surface area contributed by atoms with Crippen molar-refractivity contribution in [2.45, 2.75) is 96.7 Å². The van der Waals surface area contributed by atoms with Crippen LogP contribution >= 0.6 is 0 Å². The van der Waals surface area contributed by atoms with E-state index in [4.69, 9.17) is 0 Å². The van der Waals surface area contributed by atoms with Crippen molar-refractivity contribution in [3.8, 4) is 0 Å². The van der Waals surface area contributed by atoms with Crippen LogP contribution in [0.25, 0.3) is 0 Å². The summed E-state index contributed by atoms with van der Waals surface area (Å²) >= 11 is 0. The molecule has 3 aliphatic carbocycles. The number of aliphatic hydroxyl groups is 2. The van der Waals surface area contributed by atoms with Gasteiger partial charge in [-0.15, -0.1) is 0 Å². The van der Waals surface area contributed by atoms with Gasteiger partial charge < -0.3 is 15.1 Å². The van der Waals surface area contributed by atoms with E-state index in [-0.39, 0.29) is 24.0 Å². The maximum Gasteiger partial charge on any atom is 0.222 e. The monoisotopic (exact) mass is 417 g/mol. The Hall–Kier alpha value is -1.13. The predicted octanol–water partition coefficient (Wildman–Crippen LogP) is 4.86. The fourth-order valence-electron chi connectivity index (χ4n) is 6.03. The molecular weight excluding hydrogens is 374 g/mol. The zero-order valence-electron chi connectivity index (χ0n) is 19.1. The summed E-state index contributed by atoms with van der Waals surface area (Å²) in [5.41, 5.74) is 1.51. The Kier molecular flexibility index (Phi) is 9.00. The molecule has 170 valence electrons.